The normalized spacial score (nSPS) is 27.3. The fraction of sp³-hybridized carbons (Fsp3) is 0.550. The summed E-state index contributed by atoms with van der Waals surface area (Å²) in [5.41, 5.74) is 6.83. The summed E-state index contributed by atoms with van der Waals surface area (Å²) in [7, 11) is 0. The van der Waals surface area contributed by atoms with E-state index in [1.807, 2.05) is 0 Å². The molecule has 0 bridgehead atoms. The van der Waals surface area contributed by atoms with Crippen molar-refractivity contribution in [2.24, 2.45) is 11.7 Å². The third-order valence-electron chi connectivity index (χ3n) is 5.92. The molecule has 3 atom stereocenters. The Morgan fingerprint density at radius 1 is 1.15 bits per heavy atom. The Bertz CT molecular complexity index is 772. The van der Waals surface area contributed by atoms with Crippen LogP contribution in [0, 0.1) is 5.92 Å². The number of nitrogens with zero attached hydrogens (tertiary/aromatic N) is 1. The molecular weight excluding hydrogens is 346 g/mol. The van der Waals surface area contributed by atoms with Gasteiger partial charge in [0.25, 0.3) is 17.7 Å². The van der Waals surface area contributed by atoms with Crippen LogP contribution in [-0.4, -0.2) is 54.5 Å². The highest BCUT2D eigenvalue weighted by atomic mass is 16.5. The summed E-state index contributed by atoms with van der Waals surface area (Å²) in [6.07, 6.45) is 4.71. The van der Waals surface area contributed by atoms with Gasteiger partial charge in [-0.25, -0.2) is 0 Å². The maximum absolute atomic E-state index is 12.7. The Labute approximate surface area is 158 Å². The first-order valence-corrected chi connectivity index (χ1v) is 9.71. The summed E-state index contributed by atoms with van der Waals surface area (Å²) in [5, 5.41) is 3.03. The second kappa shape index (κ2) is 7.40. The number of nitrogens with two attached hydrogens (primary N) is 1. The van der Waals surface area contributed by atoms with Crippen LogP contribution in [0.5, 0.6) is 0 Å². The van der Waals surface area contributed by atoms with Gasteiger partial charge in [-0.2, -0.15) is 0 Å². The first-order valence-electron chi connectivity index (χ1n) is 9.71. The molecule has 2 heterocycles. The van der Waals surface area contributed by atoms with Gasteiger partial charge >= 0.3 is 0 Å². The van der Waals surface area contributed by atoms with Crippen molar-refractivity contribution in [1.29, 1.82) is 0 Å². The topological polar surface area (TPSA) is 102 Å². The van der Waals surface area contributed by atoms with Gasteiger partial charge in [-0.05, 0) is 56.3 Å². The van der Waals surface area contributed by atoms with Gasteiger partial charge in [-0.3, -0.25) is 19.3 Å². The molecule has 2 fully saturated rings. The highest BCUT2D eigenvalue weighted by Gasteiger charge is 2.38. The third kappa shape index (κ3) is 3.37. The van der Waals surface area contributed by atoms with E-state index in [1.54, 1.807) is 12.1 Å². The summed E-state index contributed by atoms with van der Waals surface area (Å²) in [4.78, 5) is 39.2. The Morgan fingerprint density at radius 2 is 1.96 bits per heavy atom. The van der Waals surface area contributed by atoms with Gasteiger partial charge in [0.05, 0.1) is 23.8 Å². The molecule has 1 saturated carbocycles. The molecule has 7 nitrogen and oxygen atoms in total. The first kappa shape index (κ1) is 18.1. The lowest BCUT2D eigenvalue weighted by atomic mass is 10.0. The highest BCUT2D eigenvalue weighted by Crippen LogP contribution is 2.27. The molecule has 2 aliphatic heterocycles. The smallest absolute Gasteiger partial charge is 0.261 e. The lowest BCUT2D eigenvalue weighted by Gasteiger charge is -2.19. The average molecular weight is 371 g/mol. The van der Waals surface area contributed by atoms with Crippen LogP contribution in [0.3, 0.4) is 0 Å². The molecule has 144 valence electrons. The number of amides is 3. The number of ether oxygens (including phenoxy) is 1. The number of rotatable bonds is 5. The van der Waals surface area contributed by atoms with Crippen molar-refractivity contribution in [1.82, 2.24) is 10.2 Å². The molecule has 3 unspecified atom stereocenters. The van der Waals surface area contributed by atoms with Crippen molar-refractivity contribution in [3.05, 3.63) is 34.9 Å². The molecule has 27 heavy (non-hydrogen) atoms. The number of benzene rings is 1. The summed E-state index contributed by atoms with van der Waals surface area (Å²) in [6, 6.07) is 4.80. The van der Waals surface area contributed by atoms with E-state index >= 15 is 0 Å². The summed E-state index contributed by atoms with van der Waals surface area (Å²) in [6.45, 7) is 1.50. The van der Waals surface area contributed by atoms with Crippen LogP contribution >= 0.6 is 0 Å². The predicted molar refractivity (Wildman–Crippen MR) is 98.4 cm³/mol. The fourth-order valence-corrected chi connectivity index (χ4v) is 4.35. The van der Waals surface area contributed by atoms with Crippen molar-refractivity contribution in [3.8, 4) is 0 Å². The van der Waals surface area contributed by atoms with Gasteiger partial charge in [0.2, 0.25) is 0 Å². The minimum atomic E-state index is -0.346. The van der Waals surface area contributed by atoms with E-state index in [9.17, 15) is 14.4 Å². The van der Waals surface area contributed by atoms with E-state index < -0.39 is 0 Å². The lowest BCUT2D eigenvalue weighted by molar-refractivity contribution is 0.0475. The van der Waals surface area contributed by atoms with E-state index in [1.165, 1.54) is 11.0 Å². The number of fused-ring (bicyclic) bond motifs is 1. The Balaban J connectivity index is 1.49. The van der Waals surface area contributed by atoms with E-state index in [0.717, 1.165) is 32.1 Å². The Hall–Kier alpha value is -2.25. The molecule has 7 heteroatoms. The SMILES string of the molecule is NCC1CCCC1NC(=O)c1ccc2c(c1)C(=O)N(CC1CCCO1)C2=O. The van der Waals surface area contributed by atoms with Crippen molar-refractivity contribution in [2.75, 3.05) is 19.7 Å². The summed E-state index contributed by atoms with van der Waals surface area (Å²) < 4.78 is 5.55. The van der Waals surface area contributed by atoms with Crippen LogP contribution in [0.25, 0.3) is 0 Å². The molecule has 4 rings (SSSR count). The summed E-state index contributed by atoms with van der Waals surface area (Å²) >= 11 is 0. The average Bonchev–Trinajstić information content (AvgIpc) is 3.39. The van der Waals surface area contributed by atoms with Crippen LogP contribution in [0.4, 0.5) is 0 Å². The monoisotopic (exact) mass is 371 g/mol. The first-order chi connectivity index (χ1) is 13.1. The maximum atomic E-state index is 12.7. The van der Waals surface area contributed by atoms with Crippen molar-refractivity contribution in [3.63, 3.8) is 0 Å². The van der Waals surface area contributed by atoms with E-state index in [-0.39, 0.29) is 36.4 Å². The van der Waals surface area contributed by atoms with Gasteiger partial charge in [0.15, 0.2) is 0 Å². The number of hydrogen-bond acceptors (Lipinski definition) is 5. The maximum Gasteiger partial charge on any atom is 0.261 e. The van der Waals surface area contributed by atoms with E-state index in [4.69, 9.17) is 10.5 Å². The minimum absolute atomic E-state index is 0.0732. The molecule has 1 aromatic carbocycles. The van der Waals surface area contributed by atoms with Crippen LogP contribution < -0.4 is 11.1 Å². The van der Waals surface area contributed by atoms with Gasteiger partial charge in [0.1, 0.15) is 0 Å². The van der Waals surface area contributed by atoms with Gasteiger partial charge < -0.3 is 15.8 Å². The Morgan fingerprint density at radius 3 is 2.70 bits per heavy atom. The van der Waals surface area contributed by atoms with Crippen LogP contribution in [0.2, 0.25) is 0 Å². The fourth-order valence-electron chi connectivity index (χ4n) is 4.35. The molecule has 0 radical (unpaired) electrons. The molecule has 1 aliphatic carbocycles. The highest BCUT2D eigenvalue weighted by molar-refractivity contribution is 6.22. The van der Waals surface area contributed by atoms with Crippen LogP contribution in [0.15, 0.2) is 18.2 Å². The van der Waals surface area contributed by atoms with Crippen molar-refractivity contribution in [2.45, 2.75) is 44.2 Å². The number of carbonyl (C=O) groups excluding carboxylic acids is 3. The molecule has 3 N–H and O–H groups in total. The second-order valence-corrected chi connectivity index (χ2v) is 7.62. The largest absolute Gasteiger partial charge is 0.376 e. The standard InChI is InChI=1S/C20H25N3O4/c21-10-13-3-1-5-17(13)22-18(24)12-6-7-15-16(9-12)20(26)23(19(15)25)11-14-4-2-8-27-14/h6-7,9,13-14,17H,1-5,8,10-11,21H2,(H,22,24). The van der Waals surface area contributed by atoms with Crippen LogP contribution in [-0.2, 0) is 4.74 Å². The molecule has 1 aromatic rings. The predicted octanol–water partition coefficient (Wildman–Crippen LogP) is 1.32. The van der Waals surface area contributed by atoms with Crippen molar-refractivity contribution >= 4 is 17.7 Å². The van der Waals surface area contributed by atoms with Crippen molar-refractivity contribution < 1.29 is 19.1 Å². The van der Waals surface area contributed by atoms with Gasteiger partial charge in [-0.15, -0.1) is 0 Å². The van der Waals surface area contributed by atoms with Gasteiger partial charge in [0, 0.05) is 18.2 Å². The zero-order chi connectivity index (χ0) is 19.0. The number of imide groups is 1. The molecular formula is C20H25N3O4. The molecule has 1 saturated heterocycles. The quantitative estimate of drug-likeness (QED) is 0.760. The second-order valence-electron chi connectivity index (χ2n) is 7.62. The van der Waals surface area contributed by atoms with E-state index in [2.05, 4.69) is 5.32 Å². The zero-order valence-electron chi connectivity index (χ0n) is 15.3. The number of nitrogens with one attached hydrogen (secondary N) is 1. The number of hydrogen-bond donors (Lipinski definition) is 2. The zero-order valence-corrected chi connectivity index (χ0v) is 15.3. The molecule has 3 amide bonds. The summed E-state index contributed by atoms with van der Waals surface area (Å²) in [5.74, 6) is -0.577. The van der Waals surface area contributed by atoms with E-state index in [0.29, 0.717) is 35.8 Å². The third-order valence-corrected chi connectivity index (χ3v) is 5.92. The Kier molecular flexibility index (Phi) is 4.97. The molecule has 0 aromatic heterocycles. The van der Waals surface area contributed by atoms with Crippen LogP contribution in [0.1, 0.15) is 63.2 Å². The molecule has 0 spiro atoms. The minimum Gasteiger partial charge on any atom is -0.376 e. The lowest BCUT2D eigenvalue weighted by Crippen LogP contribution is -2.39. The van der Waals surface area contributed by atoms with Gasteiger partial charge in [-0.1, -0.05) is 6.42 Å². The molecule has 3 aliphatic rings. The number of carbonyl (C=O) groups is 3.